The van der Waals surface area contributed by atoms with Gasteiger partial charge >= 0.3 is 0 Å². The molecule has 4 rings (SSSR count). The first-order valence-electron chi connectivity index (χ1n) is 10.9. The Hall–Kier alpha value is -3.94. The Balaban J connectivity index is 1.63. The van der Waals surface area contributed by atoms with Crippen molar-refractivity contribution in [3.05, 3.63) is 76.9 Å². The highest BCUT2D eigenvalue weighted by Gasteiger charge is 2.33. The number of carbonyl (C=O) groups excluding carboxylic acids is 1. The van der Waals surface area contributed by atoms with Gasteiger partial charge in [-0.15, -0.1) is 0 Å². The fourth-order valence-corrected chi connectivity index (χ4v) is 4.31. The van der Waals surface area contributed by atoms with Crippen LogP contribution < -0.4 is 14.8 Å². The number of aryl methyl sites for hydroxylation is 1. The molecular weight excluding hydrogens is 437 g/mol. The van der Waals surface area contributed by atoms with E-state index in [0.29, 0.717) is 6.54 Å². The number of phenolic OH excluding ortho intramolecular Hbond substituents is 1. The van der Waals surface area contributed by atoms with Crippen LogP contribution in [0.5, 0.6) is 17.2 Å². The Labute approximate surface area is 198 Å². The molecule has 1 amide bonds. The zero-order chi connectivity index (χ0) is 24.4. The third-order valence-electron chi connectivity index (χ3n) is 6.20. The van der Waals surface area contributed by atoms with Crippen molar-refractivity contribution in [2.24, 2.45) is 7.05 Å². The molecular formula is C26H28FN3O4. The Morgan fingerprint density at radius 1 is 1.15 bits per heavy atom. The molecule has 0 saturated heterocycles. The highest BCUT2D eigenvalue weighted by molar-refractivity contribution is 5.87. The Kier molecular flexibility index (Phi) is 6.49. The van der Waals surface area contributed by atoms with Crippen LogP contribution in [0.1, 0.15) is 34.8 Å². The van der Waals surface area contributed by atoms with Crippen LogP contribution in [-0.2, 0) is 18.4 Å². The van der Waals surface area contributed by atoms with E-state index in [9.17, 15) is 14.3 Å². The molecule has 0 saturated carbocycles. The van der Waals surface area contributed by atoms with E-state index < -0.39 is 0 Å². The van der Waals surface area contributed by atoms with Crippen LogP contribution in [-0.4, -0.2) is 41.7 Å². The van der Waals surface area contributed by atoms with Gasteiger partial charge < -0.3 is 29.4 Å². The number of phenols is 1. The number of nitrogens with one attached hydrogen (secondary N) is 1. The summed E-state index contributed by atoms with van der Waals surface area (Å²) in [6.45, 7) is 0.421. The minimum Gasteiger partial charge on any atom is -0.502 e. The van der Waals surface area contributed by atoms with Gasteiger partial charge in [-0.25, -0.2) is 4.39 Å². The Bertz CT molecular complexity index is 1230. The standard InChI is InChI=1S/C26H28FN3O4/c1-29-9-5-6-18(29)15-28-25(31)14-22-20-13-17(27)7-8-19(20)21(30(22)2)10-16-11-23(33-3)26(32)24(12-16)34-4/h5-13,22,32H,14-15H2,1-4H3,(H,28,31)/b21-10+. The Morgan fingerprint density at radius 3 is 2.47 bits per heavy atom. The first-order valence-corrected chi connectivity index (χ1v) is 10.9. The number of fused-ring (bicyclic) bond motifs is 1. The lowest BCUT2D eigenvalue weighted by Crippen LogP contribution is -2.28. The van der Waals surface area contributed by atoms with Gasteiger partial charge in [0.1, 0.15) is 5.82 Å². The van der Waals surface area contributed by atoms with Crippen molar-refractivity contribution in [1.82, 2.24) is 14.8 Å². The minimum absolute atomic E-state index is 0.0813. The van der Waals surface area contributed by atoms with Crippen LogP contribution in [0.15, 0.2) is 48.7 Å². The summed E-state index contributed by atoms with van der Waals surface area (Å²) in [5.41, 5.74) is 4.15. The lowest BCUT2D eigenvalue weighted by molar-refractivity contribution is -0.122. The number of aromatic hydroxyl groups is 1. The SMILES string of the molecule is COc1cc(/C=C2\c3ccc(F)cc3C(CC(=O)NCc3cccn3C)N2C)cc(OC)c1O. The molecule has 1 aliphatic rings. The molecule has 0 spiro atoms. The predicted octanol–water partition coefficient (Wildman–Crippen LogP) is 4.08. The van der Waals surface area contributed by atoms with Gasteiger partial charge in [-0.1, -0.05) is 0 Å². The maximum absolute atomic E-state index is 14.2. The molecule has 1 aromatic heterocycles. The van der Waals surface area contributed by atoms with Crippen molar-refractivity contribution in [3.63, 3.8) is 0 Å². The normalized spacial score (nSPS) is 16.0. The van der Waals surface area contributed by atoms with E-state index in [4.69, 9.17) is 9.47 Å². The van der Waals surface area contributed by atoms with Crippen LogP contribution in [0, 0.1) is 5.82 Å². The van der Waals surface area contributed by atoms with Crippen LogP contribution in [0.3, 0.4) is 0 Å². The molecule has 2 heterocycles. The molecule has 0 radical (unpaired) electrons. The van der Waals surface area contributed by atoms with Gasteiger partial charge in [-0.2, -0.15) is 0 Å². The van der Waals surface area contributed by atoms with Crippen LogP contribution >= 0.6 is 0 Å². The van der Waals surface area contributed by atoms with E-state index in [-0.39, 0.29) is 41.4 Å². The van der Waals surface area contributed by atoms with Crippen molar-refractivity contribution in [1.29, 1.82) is 0 Å². The lowest BCUT2D eigenvalue weighted by Gasteiger charge is -2.23. The third-order valence-corrected chi connectivity index (χ3v) is 6.20. The number of halogens is 1. The number of hydrogen-bond acceptors (Lipinski definition) is 5. The quantitative estimate of drug-likeness (QED) is 0.550. The maximum atomic E-state index is 14.2. The van der Waals surface area contributed by atoms with Gasteiger partial charge in [0.25, 0.3) is 0 Å². The number of aromatic nitrogens is 1. The number of nitrogens with zero attached hydrogens (tertiary/aromatic N) is 2. The smallest absolute Gasteiger partial charge is 0.222 e. The fourth-order valence-electron chi connectivity index (χ4n) is 4.31. The molecule has 1 unspecified atom stereocenters. The number of methoxy groups -OCH3 is 2. The number of benzene rings is 2. The van der Waals surface area contributed by atoms with Crippen LogP contribution in [0.4, 0.5) is 4.39 Å². The first-order chi connectivity index (χ1) is 16.3. The molecule has 8 heteroatoms. The van der Waals surface area contributed by atoms with Gasteiger partial charge in [-0.3, -0.25) is 4.79 Å². The Morgan fingerprint density at radius 2 is 1.85 bits per heavy atom. The molecule has 2 aromatic carbocycles. The number of amides is 1. The summed E-state index contributed by atoms with van der Waals surface area (Å²) >= 11 is 0. The largest absolute Gasteiger partial charge is 0.502 e. The highest BCUT2D eigenvalue weighted by Crippen LogP contribution is 2.44. The summed E-state index contributed by atoms with van der Waals surface area (Å²) in [4.78, 5) is 14.8. The van der Waals surface area contributed by atoms with Gasteiger partial charge in [-0.05, 0) is 59.7 Å². The molecule has 0 bridgehead atoms. The van der Waals surface area contributed by atoms with Crippen molar-refractivity contribution in [3.8, 4) is 17.2 Å². The summed E-state index contributed by atoms with van der Waals surface area (Å²) in [6, 6.07) is 11.6. The molecule has 178 valence electrons. The average Bonchev–Trinajstić information content (AvgIpc) is 3.34. The first kappa shape index (κ1) is 23.2. The van der Waals surface area contributed by atoms with Crippen molar-refractivity contribution < 1.29 is 23.8 Å². The molecule has 1 atom stereocenters. The molecule has 2 N–H and O–H groups in total. The number of carbonyl (C=O) groups is 1. The molecule has 0 fully saturated rings. The van der Waals surface area contributed by atoms with E-state index in [1.54, 1.807) is 18.2 Å². The summed E-state index contributed by atoms with van der Waals surface area (Å²) in [7, 11) is 6.74. The second kappa shape index (κ2) is 9.51. The zero-order valence-corrected chi connectivity index (χ0v) is 19.6. The summed E-state index contributed by atoms with van der Waals surface area (Å²) < 4.78 is 26.7. The second-order valence-electron chi connectivity index (χ2n) is 8.25. The highest BCUT2D eigenvalue weighted by atomic mass is 19.1. The van der Waals surface area contributed by atoms with E-state index in [2.05, 4.69) is 5.32 Å². The summed E-state index contributed by atoms with van der Waals surface area (Å²) in [6.07, 6.45) is 4.01. The zero-order valence-electron chi connectivity index (χ0n) is 19.6. The van der Waals surface area contributed by atoms with E-state index >= 15 is 0 Å². The minimum atomic E-state index is -0.351. The van der Waals surface area contributed by atoms with Crippen molar-refractivity contribution in [2.45, 2.75) is 19.0 Å². The molecule has 7 nitrogen and oxygen atoms in total. The molecule has 3 aromatic rings. The summed E-state index contributed by atoms with van der Waals surface area (Å²) in [5.74, 6) is 0.00538. The topological polar surface area (TPSA) is 76.0 Å². The van der Waals surface area contributed by atoms with Crippen molar-refractivity contribution in [2.75, 3.05) is 21.3 Å². The lowest BCUT2D eigenvalue weighted by atomic mass is 10.0. The fraction of sp³-hybridized carbons (Fsp3) is 0.269. The number of hydrogen-bond donors (Lipinski definition) is 2. The van der Waals surface area contributed by atoms with Crippen LogP contribution in [0.25, 0.3) is 11.8 Å². The number of rotatable bonds is 7. The van der Waals surface area contributed by atoms with Gasteiger partial charge in [0.2, 0.25) is 11.7 Å². The maximum Gasteiger partial charge on any atom is 0.222 e. The third kappa shape index (κ3) is 4.44. The van der Waals surface area contributed by atoms with Gasteiger partial charge in [0, 0.05) is 37.2 Å². The molecule has 1 aliphatic heterocycles. The molecule has 0 aliphatic carbocycles. The monoisotopic (exact) mass is 465 g/mol. The van der Waals surface area contributed by atoms with Crippen molar-refractivity contribution >= 4 is 17.7 Å². The van der Waals surface area contributed by atoms with Gasteiger partial charge in [0.15, 0.2) is 11.5 Å². The summed E-state index contributed by atoms with van der Waals surface area (Å²) in [5, 5.41) is 13.2. The van der Waals surface area contributed by atoms with E-state index in [1.165, 1.54) is 26.4 Å². The number of ether oxygens (including phenoxy) is 2. The van der Waals surface area contributed by atoms with Gasteiger partial charge in [0.05, 0.1) is 33.2 Å². The second-order valence-corrected chi connectivity index (χ2v) is 8.25. The van der Waals surface area contributed by atoms with E-state index in [1.807, 2.05) is 48.0 Å². The van der Waals surface area contributed by atoms with E-state index in [0.717, 1.165) is 28.1 Å². The average molecular weight is 466 g/mol. The predicted molar refractivity (Wildman–Crippen MR) is 128 cm³/mol. The van der Waals surface area contributed by atoms with Crippen LogP contribution in [0.2, 0.25) is 0 Å². The molecule has 34 heavy (non-hydrogen) atoms.